The zero-order chi connectivity index (χ0) is 18.0. The lowest BCUT2D eigenvalue weighted by Gasteiger charge is -2.08. The molecule has 126 valence electrons. The first-order valence-electron chi connectivity index (χ1n) is 7.31. The number of carbonyl (C=O) groups excluding carboxylic acids is 1. The summed E-state index contributed by atoms with van der Waals surface area (Å²) in [6.45, 7) is 3.63. The first kappa shape index (κ1) is 17.1. The number of fused-ring (bicyclic) bond motifs is 3. The van der Waals surface area contributed by atoms with E-state index in [2.05, 4.69) is 21.9 Å². The zero-order valence-electron chi connectivity index (χ0n) is 13.0. The topological polar surface area (TPSA) is 83.8 Å². The molecule has 0 unspecified atom stereocenters. The molecule has 0 aliphatic heterocycles. The third-order valence-corrected chi connectivity index (χ3v) is 3.97. The number of nitrogens with zero attached hydrogens (tertiary/aromatic N) is 1. The standard InChI is InChI=1S/C18H14Cl2N4O/c1-2-10(3-4-16(20)21)18(25)24-14-8-11(19)7-13-12-5-6-22-9-15(12)23-17(13)14/h2-9,23H,1,21H2,(H,24,25)/b10-3+,16-4-. The molecule has 0 saturated heterocycles. The van der Waals surface area contributed by atoms with Crippen LogP contribution in [0.2, 0.25) is 5.02 Å². The Morgan fingerprint density at radius 2 is 2.12 bits per heavy atom. The van der Waals surface area contributed by atoms with Crippen LogP contribution in [0.5, 0.6) is 0 Å². The van der Waals surface area contributed by atoms with Crippen LogP contribution in [0.3, 0.4) is 0 Å². The molecule has 1 aromatic carbocycles. The van der Waals surface area contributed by atoms with Gasteiger partial charge in [-0.3, -0.25) is 9.78 Å². The molecule has 0 saturated carbocycles. The third-order valence-electron chi connectivity index (χ3n) is 3.63. The minimum absolute atomic E-state index is 0.0698. The van der Waals surface area contributed by atoms with Crippen molar-refractivity contribution in [1.29, 1.82) is 0 Å². The van der Waals surface area contributed by atoms with E-state index < -0.39 is 0 Å². The number of amides is 1. The number of nitrogens with two attached hydrogens (primary N) is 1. The number of benzene rings is 1. The van der Waals surface area contributed by atoms with Gasteiger partial charge in [0.2, 0.25) is 0 Å². The molecule has 0 aliphatic carbocycles. The van der Waals surface area contributed by atoms with Crippen molar-refractivity contribution in [1.82, 2.24) is 9.97 Å². The minimum atomic E-state index is -0.357. The largest absolute Gasteiger partial charge is 0.389 e. The van der Waals surface area contributed by atoms with E-state index in [0.717, 1.165) is 21.8 Å². The van der Waals surface area contributed by atoms with Gasteiger partial charge in [0, 0.05) is 27.6 Å². The molecule has 0 radical (unpaired) electrons. The molecule has 3 aromatic rings. The van der Waals surface area contributed by atoms with Gasteiger partial charge in [0.05, 0.1) is 28.1 Å². The number of aromatic nitrogens is 2. The molecule has 0 bridgehead atoms. The van der Waals surface area contributed by atoms with Crippen LogP contribution in [-0.4, -0.2) is 15.9 Å². The number of aromatic amines is 1. The second-order valence-electron chi connectivity index (χ2n) is 5.25. The van der Waals surface area contributed by atoms with Crippen LogP contribution in [0.1, 0.15) is 0 Å². The Labute approximate surface area is 153 Å². The molecule has 1 amide bonds. The highest BCUT2D eigenvalue weighted by Crippen LogP contribution is 2.33. The smallest absolute Gasteiger partial charge is 0.255 e. The Hall–Kier alpha value is -2.76. The molecule has 5 nitrogen and oxygen atoms in total. The van der Waals surface area contributed by atoms with Gasteiger partial charge in [0.1, 0.15) is 0 Å². The van der Waals surface area contributed by atoms with Gasteiger partial charge in [-0.25, -0.2) is 0 Å². The lowest BCUT2D eigenvalue weighted by molar-refractivity contribution is -0.112. The van der Waals surface area contributed by atoms with Crippen molar-refractivity contribution in [2.75, 3.05) is 5.32 Å². The summed E-state index contributed by atoms with van der Waals surface area (Å²) in [5, 5.41) is 5.28. The fraction of sp³-hybridized carbons (Fsp3) is 0. The Balaban J connectivity index is 2.06. The number of hydrogen-bond acceptors (Lipinski definition) is 3. The van der Waals surface area contributed by atoms with Gasteiger partial charge in [-0.05, 0) is 30.4 Å². The summed E-state index contributed by atoms with van der Waals surface area (Å²) in [6.07, 6.45) is 7.75. The van der Waals surface area contributed by atoms with Crippen LogP contribution in [0, 0.1) is 0 Å². The van der Waals surface area contributed by atoms with Gasteiger partial charge in [0.25, 0.3) is 5.91 Å². The van der Waals surface area contributed by atoms with Gasteiger partial charge in [0.15, 0.2) is 0 Å². The first-order valence-corrected chi connectivity index (χ1v) is 8.07. The number of rotatable bonds is 4. The molecule has 25 heavy (non-hydrogen) atoms. The maximum Gasteiger partial charge on any atom is 0.255 e. The highest BCUT2D eigenvalue weighted by atomic mass is 35.5. The van der Waals surface area contributed by atoms with Crippen molar-refractivity contribution in [3.63, 3.8) is 0 Å². The monoisotopic (exact) mass is 372 g/mol. The maximum absolute atomic E-state index is 12.5. The normalized spacial score (nSPS) is 12.6. The van der Waals surface area contributed by atoms with Gasteiger partial charge in [-0.2, -0.15) is 0 Å². The summed E-state index contributed by atoms with van der Waals surface area (Å²) in [7, 11) is 0. The van der Waals surface area contributed by atoms with Crippen molar-refractivity contribution >= 4 is 56.6 Å². The lowest BCUT2D eigenvalue weighted by atomic mass is 10.1. The van der Waals surface area contributed by atoms with E-state index in [9.17, 15) is 4.79 Å². The number of pyridine rings is 1. The van der Waals surface area contributed by atoms with E-state index in [4.69, 9.17) is 28.9 Å². The average Bonchev–Trinajstić information content (AvgIpc) is 2.94. The van der Waals surface area contributed by atoms with Gasteiger partial charge >= 0.3 is 0 Å². The van der Waals surface area contributed by atoms with E-state index in [0.29, 0.717) is 16.3 Å². The summed E-state index contributed by atoms with van der Waals surface area (Å²) in [4.78, 5) is 19.8. The Bertz CT molecular complexity index is 1050. The van der Waals surface area contributed by atoms with E-state index >= 15 is 0 Å². The summed E-state index contributed by atoms with van der Waals surface area (Å²) in [6, 6.07) is 5.41. The maximum atomic E-state index is 12.5. The molecule has 0 fully saturated rings. The number of halogens is 2. The highest BCUT2D eigenvalue weighted by Gasteiger charge is 2.13. The van der Waals surface area contributed by atoms with Crippen LogP contribution < -0.4 is 11.1 Å². The Morgan fingerprint density at radius 1 is 1.32 bits per heavy atom. The molecule has 3 rings (SSSR count). The van der Waals surface area contributed by atoms with Crippen molar-refractivity contribution in [2.45, 2.75) is 0 Å². The van der Waals surface area contributed by atoms with Gasteiger partial charge < -0.3 is 16.0 Å². The van der Waals surface area contributed by atoms with Crippen molar-refractivity contribution in [2.24, 2.45) is 5.73 Å². The second kappa shape index (κ2) is 7.01. The Morgan fingerprint density at radius 3 is 2.84 bits per heavy atom. The summed E-state index contributed by atoms with van der Waals surface area (Å²) in [5.41, 5.74) is 7.86. The van der Waals surface area contributed by atoms with E-state index in [-0.39, 0.29) is 11.1 Å². The molecule has 7 heteroatoms. The van der Waals surface area contributed by atoms with Gasteiger partial charge in [-0.1, -0.05) is 35.9 Å². The van der Waals surface area contributed by atoms with Crippen molar-refractivity contribution in [3.05, 3.63) is 71.2 Å². The molecule has 0 spiro atoms. The molecule has 4 N–H and O–H groups in total. The molecule has 0 aliphatic rings. The number of H-pyrrole nitrogens is 1. The average molecular weight is 373 g/mol. The predicted octanol–water partition coefficient (Wildman–Crippen LogP) is 4.46. The minimum Gasteiger partial charge on any atom is -0.389 e. The third kappa shape index (κ3) is 3.52. The molecular formula is C18H14Cl2N4O. The number of hydrogen-bond donors (Lipinski definition) is 3. The number of nitrogens with one attached hydrogen (secondary N) is 2. The van der Waals surface area contributed by atoms with Crippen molar-refractivity contribution in [3.8, 4) is 0 Å². The number of allylic oxidation sites excluding steroid dienone is 2. The van der Waals surface area contributed by atoms with E-state index in [1.54, 1.807) is 18.5 Å². The predicted molar refractivity (Wildman–Crippen MR) is 104 cm³/mol. The fourth-order valence-corrected chi connectivity index (χ4v) is 2.80. The van der Waals surface area contributed by atoms with E-state index in [1.807, 2.05) is 12.1 Å². The van der Waals surface area contributed by atoms with Crippen LogP contribution in [0.25, 0.3) is 21.8 Å². The first-order chi connectivity index (χ1) is 12.0. The molecule has 2 heterocycles. The van der Waals surface area contributed by atoms with Crippen molar-refractivity contribution < 1.29 is 4.79 Å². The summed E-state index contributed by atoms with van der Waals surface area (Å²) in [5.74, 6) is -0.357. The molecular weight excluding hydrogens is 359 g/mol. The Kier molecular flexibility index (Phi) is 4.79. The van der Waals surface area contributed by atoms with Crippen LogP contribution in [-0.2, 0) is 4.79 Å². The zero-order valence-corrected chi connectivity index (χ0v) is 14.5. The highest BCUT2D eigenvalue weighted by molar-refractivity contribution is 6.33. The summed E-state index contributed by atoms with van der Waals surface area (Å²) >= 11 is 11.8. The van der Waals surface area contributed by atoms with E-state index in [1.165, 1.54) is 18.2 Å². The molecule has 0 atom stereocenters. The fourth-order valence-electron chi connectivity index (χ4n) is 2.52. The van der Waals surface area contributed by atoms with Crippen LogP contribution >= 0.6 is 23.2 Å². The second-order valence-corrected chi connectivity index (χ2v) is 6.13. The quantitative estimate of drug-likeness (QED) is 0.359. The van der Waals surface area contributed by atoms with Crippen LogP contribution in [0.4, 0.5) is 5.69 Å². The summed E-state index contributed by atoms with van der Waals surface area (Å²) < 4.78 is 0. The van der Waals surface area contributed by atoms with Crippen LogP contribution in [0.15, 0.2) is 66.1 Å². The van der Waals surface area contributed by atoms with Gasteiger partial charge in [-0.15, -0.1) is 0 Å². The SMILES string of the molecule is C=C/C(=C\C=C(/N)Cl)C(=O)Nc1cc(Cl)cc2c1[nH]c1cnccc12. The lowest BCUT2D eigenvalue weighted by Crippen LogP contribution is -2.13. The molecule has 2 aromatic heterocycles. The number of anilines is 1. The number of carbonyl (C=O) groups is 1.